The van der Waals surface area contributed by atoms with E-state index in [-0.39, 0.29) is 5.02 Å². The summed E-state index contributed by atoms with van der Waals surface area (Å²) in [6.07, 6.45) is 0. The van der Waals surface area contributed by atoms with Crippen LogP contribution in [0.25, 0.3) is 0 Å². The molecular weight excluding hydrogens is 337 g/mol. The molecule has 0 saturated carbocycles. The number of benzene rings is 2. The molecule has 0 aliphatic carbocycles. The van der Waals surface area contributed by atoms with Crippen LogP contribution in [0.3, 0.4) is 0 Å². The molecule has 0 saturated heterocycles. The van der Waals surface area contributed by atoms with Crippen LogP contribution in [0.1, 0.15) is 5.56 Å². The minimum Gasteiger partial charge on any atom is -0.398 e. The first-order valence-corrected chi connectivity index (χ1v) is 7.34. The Morgan fingerprint density at radius 2 is 2.06 bits per heavy atom. The number of rotatable bonds is 3. The molecule has 0 fully saturated rings. The second kappa shape index (κ2) is 5.95. The summed E-state index contributed by atoms with van der Waals surface area (Å²) in [5, 5.41) is 0.181. The number of anilines is 1. The standard InChI is InChI=1S/C13H10BrClFNS/c14-9-4-5-12(11(17)6-9)18-7-8-2-1-3-10(16)13(8)15/h1-6H,7,17H2. The number of nitrogens with two attached hydrogens (primary N) is 1. The average Bonchev–Trinajstić information content (AvgIpc) is 2.33. The highest BCUT2D eigenvalue weighted by Crippen LogP contribution is 2.32. The fourth-order valence-corrected chi connectivity index (χ4v) is 3.06. The van der Waals surface area contributed by atoms with Crippen LogP contribution in [-0.4, -0.2) is 0 Å². The van der Waals surface area contributed by atoms with E-state index < -0.39 is 5.82 Å². The Labute approximate surface area is 123 Å². The highest BCUT2D eigenvalue weighted by Gasteiger charge is 2.07. The summed E-state index contributed by atoms with van der Waals surface area (Å²) < 4.78 is 14.2. The van der Waals surface area contributed by atoms with Gasteiger partial charge in [0.2, 0.25) is 0 Å². The van der Waals surface area contributed by atoms with Gasteiger partial charge in [-0.25, -0.2) is 4.39 Å². The summed E-state index contributed by atoms with van der Waals surface area (Å²) >= 11 is 10.8. The normalized spacial score (nSPS) is 10.6. The minimum atomic E-state index is -0.390. The number of hydrogen-bond donors (Lipinski definition) is 1. The van der Waals surface area contributed by atoms with Gasteiger partial charge in [-0.3, -0.25) is 0 Å². The van der Waals surface area contributed by atoms with Crippen molar-refractivity contribution in [2.24, 2.45) is 0 Å². The molecule has 0 aromatic heterocycles. The van der Waals surface area contributed by atoms with Gasteiger partial charge < -0.3 is 5.73 Å². The third-order valence-corrected chi connectivity index (χ3v) is 4.44. The summed E-state index contributed by atoms with van der Waals surface area (Å²) in [6, 6.07) is 10.5. The Balaban J connectivity index is 2.14. The van der Waals surface area contributed by atoms with Crippen LogP contribution in [0.4, 0.5) is 10.1 Å². The molecule has 18 heavy (non-hydrogen) atoms. The SMILES string of the molecule is Nc1cc(Br)ccc1SCc1cccc(F)c1Cl. The molecule has 2 aromatic rings. The van der Waals surface area contributed by atoms with Gasteiger partial charge in [0, 0.05) is 20.8 Å². The Hall–Kier alpha value is -0.710. The second-order valence-electron chi connectivity index (χ2n) is 3.68. The predicted molar refractivity (Wildman–Crippen MR) is 79.5 cm³/mol. The van der Waals surface area contributed by atoms with E-state index in [0.717, 1.165) is 14.9 Å². The van der Waals surface area contributed by atoms with Crippen LogP contribution in [0.2, 0.25) is 5.02 Å². The molecule has 0 bridgehead atoms. The molecule has 0 amide bonds. The zero-order valence-corrected chi connectivity index (χ0v) is 12.4. The van der Waals surface area contributed by atoms with E-state index in [2.05, 4.69) is 15.9 Å². The van der Waals surface area contributed by atoms with Gasteiger partial charge in [0.15, 0.2) is 0 Å². The minimum absolute atomic E-state index is 0.181. The molecule has 2 rings (SSSR count). The number of hydrogen-bond acceptors (Lipinski definition) is 2. The lowest BCUT2D eigenvalue weighted by atomic mass is 10.2. The average molecular weight is 347 g/mol. The highest BCUT2D eigenvalue weighted by atomic mass is 79.9. The van der Waals surface area contributed by atoms with E-state index in [0.29, 0.717) is 11.4 Å². The number of thioether (sulfide) groups is 1. The van der Waals surface area contributed by atoms with Crippen molar-refractivity contribution in [2.45, 2.75) is 10.6 Å². The second-order valence-corrected chi connectivity index (χ2v) is 5.99. The van der Waals surface area contributed by atoms with E-state index in [1.165, 1.54) is 17.8 Å². The van der Waals surface area contributed by atoms with Crippen LogP contribution in [0.5, 0.6) is 0 Å². The van der Waals surface area contributed by atoms with E-state index in [4.69, 9.17) is 17.3 Å². The fourth-order valence-electron chi connectivity index (χ4n) is 1.47. The van der Waals surface area contributed by atoms with Crippen LogP contribution >= 0.6 is 39.3 Å². The van der Waals surface area contributed by atoms with E-state index >= 15 is 0 Å². The van der Waals surface area contributed by atoms with Crippen LogP contribution < -0.4 is 5.73 Å². The van der Waals surface area contributed by atoms with Crippen molar-refractivity contribution in [1.82, 2.24) is 0 Å². The van der Waals surface area contributed by atoms with Gasteiger partial charge in [-0.2, -0.15) is 0 Å². The van der Waals surface area contributed by atoms with E-state index in [9.17, 15) is 4.39 Å². The van der Waals surface area contributed by atoms with Gasteiger partial charge in [-0.05, 0) is 29.8 Å². The maximum Gasteiger partial charge on any atom is 0.142 e. The maximum atomic E-state index is 13.3. The molecule has 0 heterocycles. The molecule has 2 N–H and O–H groups in total. The van der Waals surface area contributed by atoms with Crippen LogP contribution in [-0.2, 0) is 5.75 Å². The van der Waals surface area contributed by atoms with Crippen molar-refractivity contribution in [3.63, 3.8) is 0 Å². The molecular formula is C13H10BrClFNS. The Morgan fingerprint density at radius 1 is 1.28 bits per heavy atom. The van der Waals surface area contributed by atoms with Crippen LogP contribution in [0.15, 0.2) is 45.8 Å². The molecule has 0 unspecified atom stereocenters. The molecule has 94 valence electrons. The first-order valence-electron chi connectivity index (χ1n) is 5.18. The maximum absolute atomic E-state index is 13.3. The lowest BCUT2D eigenvalue weighted by Crippen LogP contribution is -1.90. The highest BCUT2D eigenvalue weighted by molar-refractivity contribution is 9.10. The Morgan fingerprint density at radius 3 is 2.78 bits per heavy atom. The number of halogens is 3. The summed E-state index contributed by atoms with van der Waals surface area (Å²) in [6.45, 7) is 0. The first-order chi connectivity index (χ1) is 8.58. The molecule has 2 aromatic carbocycles. The lowest BCUT2D eigenvalue weighted by Gasteiger charge is -2.07. The van der Waals surface area contributed by atoms with Gasteiger partial charge in [-0.1, -0.05) is 39.7 Å². The third-order valence-electron chi connectivity index (χ3n) is 2.39. The van der Waals surface area contributed by atoms with Crippen molar-refractivity contribution < 1.29 is 4.39 Å². The van der Waals surface area contributed by atoms with Gasteiger partial charge in [0.1, 0.15) is 5.82 Å². The summed E-state index contributed by atoms with van der Waals surface area (Å²) in [5.74, 6) is 0.196. The Kier molecular flexibility index (Phi) is 4.54. The van der Waals surface area contributed by atoms with Crippen molar-refractivity contribution in [3.8, 4) is 0 Å². The van der Waals surface area contributed by atoms with E-state index in [1.807, 2.05) is 24.3 Å². The predicted octanol–water partition coefficient (Wildman–Crippen LogP) is 5.12. The van der Waals surface area contributed by atoms with Gasteiger partial charge in [-0.15, -0.1) is 11.8 Å². The fraction of sp³-hybridized carbons (Fsp3) is 0.0769. The molecule has 0 radical (unpaired) electrons. The molecule has 0 atom stereocenters. The van der Waals surface area contributed by atoms with Crippen LogP contribution in [0, 0.1) is 5.82 Å². The molecule has 0 spiro atoms. The topological polar surface area (TPSA) is 26.0 Å². The monoisotopic (exact) mass is 345 g/mol. The van der Waals surface area contributed by atoms with Crippen molar-refractivity contribution in [1.29, 1.82) is 0 Å². The van der Waals surface area contributed by atoms with E-state index in [1.54, 1.807) is 6.07 Å². The smallest absolute Gasteiger partial charge is 0.142 e. The summed E-state index contributed by atoms with van der Waals surface area (Å²) in [4.78, 5) is 0.957. The molecule has 0 aliphatic heterocycles. The third kappa shape index (κ3) is 3.19. The first kappa shape index (κ1) is 13.7. The molecule has 1 nitrogen and oxygen atoms in total. The molecule has 0 aliphatic rings. The Bertz CT molecular complexity index is 577. The van der Waals surface area contributed by atoms with Crippen molar-refractivity contribution in [2.75, 3.05) is 5.73 Å². The quantitative estimate of drug-likeness (QED) is 0.617. The number of nitrogen functional groups attached to an aromatic ring is 1. The van der Waals surface area contributed by atoms with Gasteiger partial charge in [0.05, 0.1) is 5.02 Å². The zero-order chi connectivity index (χ0) is 13.1. The van der Waals surface area contributed by atoms with Crippen molar-refractivity contribution >= 4 is 45.0 Å². The summed E-state index contributed by atoms with van der Waals surface area (Å²) in [7, 11) is 0. The molecule has 5 heteroatoms. The lowest BCUT2D eigenvalue weighted by molar-refractivity contribution is 0.627. The van der Waals surface area contributed by atoms with Gasteiger partial charge in [0.25, 0.3) is 0 Å². The zero-order valence-electron chi connectivity index (χ0n) is 9.29. The van der Waals surface area contributed by atoms with Gasteiger partial charge >= 0.3 is 0 Å². The van der Waals surface area contributed by atoms with Crippen molar-refractivity contribution in [3.05, 3.63) is 57.3 Å². The summed E-state index contributed by atoms with van der Waals surface area (Å²) in [5.41, 5.74) is 7.36. The largest absolute Gasteiger partial charge is 0.398 e.